The molecule has 0 spiro atoms. The largest absolute Gasteiger partial charge is 0.324 e. The molecular formula is C32H18AlCl5N8. The van der Waals surface area contributed by atoms with Gasteiger partial charge in [0.25, 0.3) is 0 Å². The van der Waals surface area contributed by atoms with E-state index in [0.717, 1.165) is 21.9 Å². The van der Waals surface area contributed by atoms with Crippen LogP contribution in [0.4, 0.5) is 0 Å². The van der Waals surface area contributed by atoms with Crippen molar-refractivity contribution in [1.82, 2.24) is 39.9 Å². The van der Waals surface area contributed by atoms with Crippen LogP contribution in [0.3, 0.4) is 0 Å². The molecule has 0 atom stereocenters. The topological polar surface area (TPSA) is 109 Å². The fraction of sp³-hybridized carbons (Fsp3) is 0. The van der Waals surface area contributed by atoms with E-state index in [-0.39, 0.29) is 29.8 Å². The van der Waals surface area contributed by atoms with Crippen molar-refractivity contribution in [3.8, 4) is 45.6 Å². The predicted molar refractivity (Wildman–Crippen MR) is 193 cm³/mol. The van der Waals surface area contributed by atoms with Gasteiger partial charge in [-0.05, 0) is 24.3 Å². The number of hydrogen-bond donors (Lipinski definition) is 2. The second-order valence-electron chi connectivity index (χ2n) is 10.3. The van der Waals surface area contributed by atoms with Gasteiger partial charge in [-0.1, -0.05) is 94.9 Å². The van der Waals surface area contributed by atoms with E-state index in [9.17, 15) is 0 Å². The van der Waals surface area contributed by atoms with Crippen LogP contribution in [0.15, 0.2) is 72.8 Å². The van der Waals surface area contributed by atoms with Gasteiger partial charge in [0.15, 0.2) is 40.7 Å². The molecule has 7 aromatic rings. The van der Waals surface area contributed by atoms with Crippen LogP contribution in [0.1, 0.15) is 0 Å². The zero-order chi connectivity index (χ0) is 29.7. The molecule has 46 heavy (non-hydrogen) atoms. The maximum atomic E-state index is 6.74. The molecule has 0 radical (unpaired) electrons. The SMILES string of the molecule is Cl.Clc1cccc2c1-c1nc-2nc2[nH]c(nc3nc(nc4[nH]c(n1)c1cccc(Cl)c41)-c1cccc(Cl)c1-3)c1cccc(Cl)c21.[AlH3]. The average molecular weight is 719 g/mol. The third kappa shape index (κ3) is 4.58. The number of halogens is 5. The minimum absolute atomic E-state index is 0. The quantitative estimate of drug-likeness (QED) is 0.152. The molecule has 8 nitrogen and oxygen atoms in total. The zero-order valence-electron chi connectivity index (χ0n) is 22.5. The van der Waals surface area contributed by atoms with Crippen LogP contribution < -0.4 is 0 Å². The normalized spacial score (nSPS) is 11.6. The van der Waals surface area contributed by atoms with Crippen molar-refractivity contribution in [2.24, 2.45) is 0 Å². The monoisotopic (exact) mass is 716 g/mol. The van der Waals surface area contributed by atoms with Gasteiger partial charge < -0.3 is 9.97 Å². The van der Waals surface area contributed by atoms with Gasteiger partial charge in [-0.25, -0.2) is 29.9 Å². The number of nitrogens with zero attached hydrogens (tertiary/aromatic N) is 6. The Morgan fingerprint density at radius 1 is 0.413 bits per heavy atom. The first-order valence-electron chi connectivity index (χ1n) is 13.4. The smallest absolute Gasteiger partial charge is 0.187 e. The third-order valence-corrected chi connectivity index (χ3v) is 9.00. The van der Waals surface area contributed by atoms with E-state index in [1.165, 1.54) is 0 Å². The van der Waals surface area contributed by atoms with Crippen LogP contribution in [0.25, 0.3) is 89.7 Å². The zero-order valence-corrected chi connectivity index (χ0v) is 26.4. The average Bonchev–Trinajstić information content (AvgIpc) is 3.74. The van der Waals surface area contributed by atoms with E-state index in [2.05, 4.69) is 9.97 Å². The molecule has 4 aromatic carbocycles. The van der Waals surface area contributed by atoms with E-state index in [1.54, 1.807) is 24.3 Å². The highest BCUT2D eigenvalue weighted by Crippen LogP contribution is 2.42. The molecule has 8 bridgehead atoms. The van der Waals surface area contributed by atoms with Crippen molar-refractivity contribution in [3.05, 3.63) is 92.9 Å². The third-order valence-electron chi connectivity index (χ3n) is 7.74. The molecule has 2 aliphatic heterocycles. The van der Waals surface area contributed by atoms with E-state index in [4.69, 9.17) is 76.3 Å². The maximum Gasteiger partial charge on any atom is 0.187 e. The Bertz CT molecular complexity index is 2410. The molecule has 0 saturated heterocycles. The highest BCUT2D eigenvalue weighted by Gasteiger charge is 2.25. The number of benzene rings is 4. The summed E-state index contributed by atoms with van der Waals surface area (Å²) in [6.07, 6.45) is 0. The fourth-order valence-corrected chi connectivity index (χ4v) is 6.86. The van der Waals surface area contributed by atoms with Gasteiger partial charge in [0.2, 0.25) is 0 Å². The van der Waals surface area contributed by atoms with Crippen molar-refractivity contribution in [3.63, 3.8) is 0 Å². The summed E-state index contributed by atoms with van der Waals surface area (Å²) in [5.74, 6) is 1.63. The summed E-state index contributed by atoms with van der Waals surface area (Å²) < 4.78 is 0. The highest BCUT2D eigenvalue weighted by atomic mass is 35.5. The number of rotatable bonds is 0. The van der Waals surface area contributed by atoms with Gasteiger partial charge in [-0.15, -0.1) is 12.4 Å². The molecule has 224 valence electrons. The molecule has 5 heterocycles. The van der Waals surface area contributed by atoms with E-state index >= 15 is 0 Å². The Morgan fingerprint density at radius 3 is 1.22 bits per heavy atom. The molecule has 14 heteroatoms. The fourth-order valence-electron chi connectivity index (χ4n) is 5.82. The molecule has 0 unspecified atom stereocenters. The predicted octanol–water partition coefficient (Wildman–Crippen LogP) is 8.72. The number of nitrogens with one attached hydrogen (secondary N) is 2. The lowest BCUT2D eigenvalue weighted by Gasteiger charge is -2.00. The number of aromatic nitrogens is 8. The van der Waals surface area contributed by atoms with Crippen molar-refractivity contribution in [1.29, 1.82) is 0 Å². The van der Waals surface area contributed by atoms with Crippen LogP contribution in [0.2, 0.25) is 20.1 Å². The Hall–Kier alpha value is -3.78. The van der Waals surface area contributed by atoms with Crippen molar-refractivity contribution < 1.29 is 0 Å². The number of aromatic amines is 2. The van der Waals surface area contributed by atoms with Crippen LogP contribution in [-0.4, -0.2) is 57.2 Å². The summed E-state index contributed by atoms with van der Waals surface area (Å²) in [4.78, 5) is 36.2. The van der Waals surface area contributed by atoms with Crippen LogP contribution in [0, 0.1) is 0 Å². The van der Waals surface area contributed by atoms with Gasteiger partial charge in [-0.2, -0.15) is 0 Å². The summed E-state index contributed by atoms with van der Waals surface area (Å²) in [5.41, 5.74) is 4.76. The second kappa shape index (κ2) is 11.5. The van der Waals surface area contributed by atoms with Crippen LogP contribution in [0.5, 0.6) is 0 Å². The van der Waals surface area contributed by atoms with Crippen LogP contribution in [-0.2, 0) is 0 Å². The Labute approximate surface area is 296 Å². The highest BCUT2D eigenvalue weighted by molar-refractivity contribution is 6.38. The molecule has 0 amide bonds. The van der Waals surface area contributed by atoms with Gasteiger partial charge in [0, 0.05) is 43.8 Å². The summed E-state index contributed by atoms with van der Waals surface area (Å²) in [7, 11) is 0. The lowest BCUT2D eigenvalue weighted by molar-refractivity contribution is 1.19. The molecular weight excluding hydrogens is 701 g/mol. The second-order valence-corrected chi connectivity index (χ2v) is 11.9. The lowest BCUT2D eigenvalue weighted by atomic mass is 10.1. The van der Waals surface area contributed by atoms with Crippen molar-refractivity contribution in [2.45, 2.75) is 0 Å². The summed E-state index contributed by atoms with van der Waals surface area (Å²) in [6, 6.07) is 22.3. The Morgan fingerprint density at radius 2 is 0.783 bits per heavy atom. The molecule has 0 fully saturated rings. The summed E-state index contributed by atoms with van der Waals surface area (Å²) in [6.45, 7) is 0. The number of fused-ring (bicyclic) bond motifs is 20. The van der Waals surface area contributed by atoms with Crippen LogP contribution >= 0.6 is 58.8 Å². The molecule has 0 saturated carbocycles. The standard InChI is InChI=1S/C32H14Cl4N8.Al.ClH.3H/c33-17-9-1-5-13-21(17)29-37-25(13)41-30-22-14(6-2-10-18(22)34)27(38-30)43-32-24-16(8-4-12-20(24)36)28(40-32)44-31-23-15(26(39-31)42-29)7-3-11-19(23)35;;;;;/h1-12H,(H2,37,38,39,40,41,42,43,44);;1H;;;. The molecule has 3 aromatic heterocycles. The minimum Gasteiger partial charge on any atom is -0.324 e. The van der Waals surface area contributed by atoms with Gasteiger partial charge in [0.05, 0.1) is 20.1 Å². The first kappa shape index (κ1) is 30.9. The molecule has 0 aliphatic carbocycles. The van der Waals surface area contributed by atoms with E-state index in [1.807, 2.05) is 48.5 Å². The minimum atomic E-state index is 0. The van der Waals surface area contributed by atoms with Gasteiger partial charge >= 0.3 is 0 Å². The van der Waals surface area contributed by atoms with Gasteiger partial charge in [-0.3, -0.25) is 0 Å². The first-order valence-corrected chi connectivity index (χ1v) is 14.9. The number of H-pyrrole nitrogens is 2. The van der Waals surface area contributed by atoms with Gasteiger partial charge in [0.1, 0.15) is 22.6 Å². The summed E-state index contributed by atoms with van der Waals surface area (Å²) >= 11 is 27.0. The Balaban J connectivity index is 0.00000169. The van der Waals surface area contributed by atoms with E-state index < -0.39 is 0 Å². The van der Waals surface area contributed by atoms with Crippen molar-refractivity contribution >= 4 is 120 Å². The first-order chi connectivity index (χ1) is 21.4. The summed E-state index contributed by atoms with van der Waals surface area (Å²) in [5, 5.41) is 4.89. The van der Waals surface area contributed by atoms with Crippen molar-refractivity contribution in [2.75, 3.05) is 0 Å². The Kier molecular flexibility index (Phi) is 7.70. The number of hydrogen-bond acceptors (Lipinski definition) is 6. The molecule has 9 rings (SSSR count). The molecule has 2 aliphatic rings. The lowest BCUT2D eigenvalue weighted by Crippen LogP contribution is -1.84. The van der Waals surface area contributed by atoms with E-state index in [0.29, 0.717) is 87.9 Å². The maximum absolute atomic E-state index is 6.74. The molecule has 2 N–H and O–H groups in total.